The van der Waals surface area contributed by atoms with Crippen LogP contribution in [0, 0.1) is 0 Å². The van der Waals surface area contributed by atoms with E-state index >= 15 is 0 Å². The summed E-state index contributed by atoms with van der Waals surface area (Å²) in [6.45, 7) is 2.51. The van der Waals surface area contributed by atoms with Crippen LogP contribution in [0.2, 0.25) is 0 Å². The number of rotatable bonds is 8. The van der Waals surface area contributed by atoms with E-state index in [1.165, 1.54) is 5.56 Å². The molecule has 1 saturated heterocycles. The maximum Gasteiger partial charge on any atom is 0.234 e. The van der Waals surface area contributed by atoms with Gasteiger partial charge in [-0.25, -0.2) is 0 Å². The topological polar surface area (TPSA) is 76.8 Å². The number of methoxy groups -OCH3 is 2. The van der Waals surface area contributed by atoms with Crippen LogP contribution in [-0.4, -0.2) is 57.2 Å². The number of carbonyl (C=O) groups is 1. The zero-order chi connectivity index (χ0) is 19.9. The lowest BCUT2D eigenvalue weighted by Gasteiger charge is -2.16. The third kappa shape index (κ3) is 5.03. The highest BCUT2D eigenvalue weighted by Crippen LogP contribution is 2.28. The summed E-state index contributed by atoms with van der Waals surface area (Å²) in [7, 11) is 3.23. The van der Waals surface area contributed by atoms with Crippen molar-refractivity contribution >= 4 is 5.91 Å². The standard InChI is InChI=1S/C22H29N3O3/c1-27-20-9-8-16(12-21(20)28-2)10-11-24-22(26)15-25-13-18(19(23)14-25)17-6-4-3-5-7-17/h3-9,12,18-19H,10-11,13-15,23H2,1-2H3,(H,24,26)/t18-,19+/m0/s1. The van der Waals surface area contributed by atoms with Gasteiger partial charge in [0.1, 0.15) is 0 Å². The minimum Gasteiger partial charge on any atom is -0.493 e. The number of nitrogens with two attached hydrogens (primary N) is 1. The summed E-state index contributed by atoms with van der Waals surface area (Å²) in [6.07, 6.45) is 0.734. The van der Waals surface area contributed by atoms with E-state index in [9.17, 15) is 4.79 Å². The second kappa shape index (κ2) is 9.57. The minimum atomic E-state index is 0.0291. The van der Waals surface area contributed by atoms with Crippen LogP contribution in [0.15, 0.2) is 48.5 Å². The van der Waals surface area contributed by atoms with Crippen molar-refractivity contribution in [1.82, 2.24) is 10.2 Å². The quantitative estimate of drug-likeness (QED) is 0.727. The normalized spacial score (nSPS) is 19.4. The Labute approximate surface area is 166 Å². The van der Waals surface area contributed by atoms with E-state index in [4.69, 9.17) is 15.2 Å². The smallest absolute Gasteiger partial charge is 0.234 e. The molecule has 3 rings (SSSR count). The van der Waals surface area contributed by atoms with E-state index in [0.29, 0.717) is 24.6 Å². The van der Waals surface area contributed by atoms with Gasteiger partial charge in [0.2, 0.25) is 5.91 Å². The summed E-state index contributed by atoms with van der Waals surface area (Å²) in [4.78, 5) is 14.5. The summed E-state index contributed by atoms with van der Waals surface area (Å²) in [5.41, 5.74) is 8.64. The molecule has 2 atom stereocenters. The monoisotopic (exact) mass is 383 g/mol. The average molecular weight is 383 g/mol. The van der Waals surface area contributed by atoms with Crippen LogP contribution < -0.4 is 20.5 Å². The predicted octanol–water partition coefficient (Wildman–Crippen LogP) is 1.79. The maximum atomic E-state index is 12.3. The van der Waals surface area contributed by atoms with Crippen molar-refractivity contribution in [2.24, 2.45) is 5.73 Å². The summed E-state index contributed by atoms with van der Waals surface area (Å²) in [5, 5.41) is 3.00. The molecule has 0 saturated carbocycles. The van der Waals surface area contributed by atoms with Crippen LogP contribution in [-0.2, 0) is 11.2 Å². The van der Waals surface area contributed by atoms with E-state index in [2.05, 4.69) is 22.3 Å². The van der Waals surface area contributed by atoms with Gasteiger partial charge < -0.3 is 20.5 Å². The largest absolute Gasteiger partial charge is 0.493 e. The van der Waals surface area contributed by atoms with E-state index in [0.717, 1.165) is 25.1 Å². The van der Waals surface area contributed by atoms with Crippen LogP contribution in [0.1, 0.15) is 17.0 Å². The fourth-order valence-corrected chi connectivity index (χ4v) is 3.74. The first-order valence-corrected chi connectivity index (χ1v) is 9.61. The molecule has 0 bridgehead atoms. The Hall–Kier alpha value is -2.57. The molecule has 1 amide bonds. The Kier molecular flexibility index (Phi) is 6.90. The molecule has 0 spiro atoms. The lowest BCUT2D eigenvalue weighted by molar-refractivity contribution is -0.122. The number of benzene rings is 2. The average Bonchev–Trinajstić information content (AvgIpc) is 3.08. The second-order valence-electron chi connectivity index (χ2n) is 7.16. The maximum absolute atomic E-state index is 12.3. The second-order valence-corrected chi connectivity index (χ2v) is 7.16. The molecule has 2 aromatic carbocycles. The minimum absolute atomic E-state index is 0.0291. The van der Waals surface area contributed by atoms with Gasteiger partial charge in [-0.1, -0.05) is 36.4 Å². The van der Waals surface area contributed by atoms with Gasteiger partial charge in [0, 0.05) is 31.6 Å². The first kappa shape index (κ1) is 20.2. The molecule has 0 aliphatic carbocycles. The molecule has 0 radical (unpaired) electrons. The van der Waals surface area contributed by atoms with Crippen molar-refractivity contribution in [1.29, 1.82) is 0 Å². The van der Waals surface area contributed by atoms with Crippen LogP contribution >= 0.6 is 0 Å². The molecule has 3 N–H and O–H groups in total. The molecule has 1 aliphatic rings. The van der Waals surface area contributed by atoms with Gasteiger partial charge in [0.15, 0.2) is 11.5 Å². The van der Waals surface area contributed by atoms with Crippen LogP contribution in [0.5, 0.6) is 11.5 Å². The van der Waals surface area contributed by atoms with Crippen LogP contribution in [0.25, 0.3) is 0 Å². The Morgan fingerprint density at radius 1 is 1.11 bits per heavy atom. The van der Waals surface area contributed by atoms with Gasteiger partial charge in [0.25, 0.3) is 0 Å². The number of amides is 1. The molecule has 1 aliphatic heterocycles. The third-order valence-electron chi connectivity index (χ3n) is 5.22. The lowest BCUT2D eigenvalue weighted by atomic mass is 9.95. The fraction of sp³-hybridized carbons (Fsp3) is 0.409. The van der Waals surface area contributed by atoms with Crippen molar-refractivity contribution in [2.75, 3.05) is 40.4 Å². The number of ether oxygens (including phenoxy) is 2. The zero-order valence-electron chi connectivity index (χ0n) is 16.6. The highest BCUT2D eigenvalue weighted by atomic mass is 16.5. The molecule has 0 unspecified atom stereocenters. The number of nitrogens with one attached hydrogen (secondary N) is 1. The van der Waals surface area contributed by atoms with Gasteiger partial charge in [-0.05, 0) is 29.7 Å². The predicted molar refractivity (Wildman–Crippen MR) is 110 cm³/mol. The van der Waals surface area contributed by atoms with Crippen molar-refractivity contribution in [2.45, 2.75) is 18.4 Å². The van der Waals surface area contributed by atoms with Gasteiger partial charge in [0.05, 0.1) is 20.8 Å². The van der Waals surface area contributed by atoms with E-state index < -0.39 is 0 Å². The highest BCUT2D eigenvalue weighted by Gasteiger charge is 2.31. The molecule has 1 fully saturated rings. The first-order valence-electron chi connectivity index (χ1n) is 9.61. The number of nitrogens with zero attached hydrogens (tertiary/aromatic N) is 1. The lowest BCUT2D eigenvalue weighted by Crippen LogP contribution is -2.38. The molecule has 2 aromatic rings. The van der Waals surface area contributed by atoms with Crippen LogP contribution in [0.3, 0.4) is 0 Å². The molecule has 6 nitrogen and oxygen atoms in total. The zero-order valence-corrected chi connectivity index (χ0v) is 16.6. The SMILES string of the molecule is COc1ccc(CCNC(=O)CN2C[C@@H](N)[C@H](c3ccccc3)C2)cc1OC. The third-order valence-corrected chi connectivity index (χ3v) is 5.22. The summed E-state index contributed by atoms with van der Waals surface area (Å²) >= 11 is 0. The highest BCUT2D eigenvalue weighted by molar-refractivity contribution is 5.78. The van der Waals surface area contributed by atoms with Gasteiger partial charge in [-0.15, -0.1) is 0 Å². The molecule has 150 valence electrons. The molecule has 0 aromatic heterocycles. The fourth-order valence-electron chi connectivity index (χ4n) is 3.74. The molecular weight excluding hydrogens is 354 g/mol. The Morgan fingerprint density at radius 2 is 1.86 bits per heavy atom. The number of carbonyl (C=O) groups excluding carboxylic acids is 1. The molecule has 1 heterocycles. The summed E-state index contributed by atoms with van der Waals surface area (Å²) in [5.74, 6) is 1.71. The van der Waals surface area contributed by atoms with E-state index in [1.807, 2.05) is 36.4 Å². The summed E-state index contributed by atoms with van der Waals surface area (Å²) in [6, 6.07) is 16.2. The van der Waals surface area contributed by atoms with Gasteiger partial charge in [-0.3, -0.25) is 9.69 Å². The molecule has 6 heteroatoms. The van der Waals surface area contributed by atoms with E-state index in [1.54, 1.807) is 14.2 Å². The van der Waals surface area contributed by atoms with Crippen LogP contribution in [0.4, 0.5) is 0 Å². The van der Waals surface area contributed by atoms with Crippen molar-refractivity contribution < 1.29 is 14.3 Å². The number of hydrogen-bond acceptors (Lipinski definition) is 5. The summed E-state index contributed by atoms with van der Waals surface area (Å²) < 4.78 is 10.6. The Morgan fingerprint density at radius 3 is 2.57 bits per heavy atom. The molecule has 28 heavy (non-hydrogen) atoms. The number of hydrogen-bond donors (Lipinski definition) is 2. The van der Waals surface area contributed by atoms with Crippen molar-refractivity contribution in [3.05, 3.63) is 59.7 Å². The Bertz CT molecular complexity index is 782. The van der Waals surface area contributed by atoms with E-state index in [-0.39, 0.29) is 17.9 Å². The van der Waals surface area contributed by atoms with Crippen molar-refractivity contribution in [3.8, 4) is 11.5 Å². The van der Waals surface area contributed by atoms with Gasteiger partial charge in [-0.2, -0.15) is 0 Å². The number of likely N-dealkylation sites (tertiary alicyclic amines) is 1. The molecular formula is C22H29N3O3. The first-order chi connectivity index (χ1) is 13.6. The van der Waals surface area contributed by atoms with Gasteiger partial charge >= 0.3 is 0 Å². The Balaban J connectivity index is 1.45. The van der Waals surface area contributed by atoms with Crippen molar-refractivity contribution in [3.63, 3.8) is 0 Å².